The predicted molar refractivity (Wildman–Crippen MR) is 226 cm³/mol. The first-order valence-electron chi connectivity index (χ1n) is 19.2. The van der Waals surface area contributed by atoms with E-state index in [1.807, 2.05) is 6.20 Å². The van der Waals surface area contributed by atoms with Crippen molar-refractivity contribution in [3.63, 3.8) is 0 Å². The number of aromatic nitrogens is 2. The first-order valence-corrected chi connectivity index (χ1v) is 19.2. The summed E-state index contributed by atoms with van der Waals surface area (Å²) < 4.78 is 2.37. The maximum absolute atomic E-state index is 4.99. The zero-order valence-corrected chi connectivity index (χ0v) is 31.6. The minimum absolute atomic E-state index is 0.0234. The third-order valence-corrected chi connectivity index (χ3v) is 11.9. The van der Waals surface area contributed by atoms with Gasteiger partial charge in [0.1, 0.15) is 5.82 Å². The highest BCUT2D eigenvalue weighted by atomic mass is 15.4. The van der Waals surface area contributed by atoms with Crippen LogP contribution in [0, 0.1) is 0 Å². The van der Waals surface area contributed by atoms with E-state index in [2.05, 4.69) is 201 Å². The minimum atomic E-state index is -0.561. The van der Waals surface area contributed by atoms with Crippen molar-refractivity contribution in [1.82, 2.24) is 9.55 Å². The second-order valence-corrected chi connectivity index (χ2v) is 16.2. The number of benzene rings is 6. The number of rotatable bonds is 5. The molecule has 6 aromatic carbocycles. The van der Waals surface area contributed by atoms with Gasteiger partial charge < -0.3 is 9.80 Å². The quantitative estimate of drug-likeness (QED) is 0.179. The number of nitrogens with zero attached hydrogens (tertiary/aromatic N) is 4. The van der Waals surface area contributed by atoms with Crippen molar-refractivity contribution in [2.45, 2.75) is 51.5 Å². The minimum Gasteiger partial charge on any atom is -0.347 e. The molecule has 4 nitrogen and oxygen atoms in total. The Bertz CT molecular complexity index is 2700. The SMILES string of the molecule is CC(C)c1ccnc(-n2c3ccccc3c3ccc(C4(c5cccc(N6CN(C(C)(C)C)c7ccccc76)c5)c5ccccc5-c5ccccc54)cc32)c1. The van der Waals surface area contributed by atoms with Crippen molar-refractivity contribution in [3.8, 4) is 16.9 Å². The molecule has 264 valence electrons. The number of para-hydroxylation sites is 3. The third-order valence-electron chi connectivity index (χ3n) is 11.9. The van der Waals surface area contributed by atoms with Gasteiger partial charge in [-0.25, -0.2) is 4.98 Å². The van der Waals surface area contributed by atoms with Crippen LogP contribution in [0.1, 0.15) is 68.4 Å². The summed E-state index contributed by atoms with van der Waals surface area (Å²) in [6.07, 6.45) is 1.96. The second-order valence-electron chi connectivity index (χ2n) is 16.2. The van der Waals surface area contributed by atoms with Gasteiger partial charge in [-0.05, 0) is 114 Å². The van der Waals surface area contributed by atoms with Gasteiger partial charge in [0.05, 0.1) is 34.5 Å². The molecule has 54 heavy (non-hydrogen) atoms. The van der Waals surface area contributed by atoms with E-state index < -0.39 is 5.41 Å². The van der Waals surface area contributed by atoms with Crippen LogP contribution >= 0.6 is 0 Å². The number of fused-ring (bicyclic) bond motifs is 7. The molecule has 0 amide bonds. The standard InChI is InChI=1S/C50H44N4/c1-33(2)34-27-28-51-48(29-34)54-44-22-11-8-19-40(44)41-26-25-36(31-47(41)54)50(42-20-9-6-17-38(42)39-18-7-10-21-43(39)50)35-15-14-16-37(30-35)52-32-53(49(3,4)5)46-24-13-12-23-45(46)52/h6-31,33H,32H2,1-5H3. The zero-order valence-electron chi connectivity index (χ0n) is 31.6. The summed E-state index contributed by atoms with van der Waals surface area (Å²) >= 11 is 0. The molecular formula is C50H44N4. The molecule has 3 heterocycles. The van der Waals surface area contributed by atoms with Crippen molar-refractivity contribution in [2.75, 3.05) is 16.5 Å². The molecule has 1 aliphatic heterocycles. The van der Waals surface area contributed by atoms with Crippen LogP contribution < -0.4 is 9.80 Å². The molecule has 0 saturated heterocycles. The predicted octanol–water partition coefficient (Wildman–Crippen LogP) is 12.4. The molecule has 0 spiro atoms. The molecule has 1 aliphatic carbocycles. The van der Waals surface area contributed by atoms with Crippen LogP contribution in [0.15, 0.2) is 158 Å². The van der Waals surface area contributed by atoms with E-state index in [0.717, 1.165) is 23.5 Å². The summed E-state index contributed by atoms with van der Waals surface area (Å²) in [6.45, 7) is 12.2. The van der Waals surface area contributed by atoms with Crippen molar-refractivity contribution >= 4 is 38.9 Å². The van der Waals surface area contributed by atoms with E-state index >= 15 is 0 Å². The normalized spacial score (nSPS) is 14.6. The van der Waals surface area contributed by atoms with Crippen LogP contribution in [-0.2, 0) is 5.41 Å². The summed E-state index contributed by atoms with van der Waals surface area (Å²) in [5, 5.41) is 2.46. The monoisotopic (exact) mass is 700 g/mol. The lowest BCUT2D eigenvalue weighted by atomic mass is 9.67. The fourth-order valence-electron chi connectivity index (χ4n) is 9.31. The van der Waals surface area contributed by atoms with Gasteiger partial charge in [-0.15, -0.1) is 0 Å². The number of hydrogen-bond donors (Lipinski definition) is 0. The van der Waals surface area contributed by atoms with E-state index in [1.165, 1.54) is 66.8 Å². The van der Waals surface area contributed by atoms with Gasteiger partial charge in [0.25, 0.3) is 0 Å². The molecule has 4 heteroatoms. The highest BCUT2D eigenvalue weighted by Gasteiger charge is 2.46. The Balaban J connectivity index is 1.26. The largest absolute Gasteiger partial charge is 0.347 e. The first-order chi connectivity index (χ1) is 26.2. The molecule has 2 aliphatic rings. The lowest BCUT2D eigenvalue weighted by molar-refractivity contribution is 0.518. The van der Waals surface area contributed by atoms with Gasteiger partial charge in [0, 0.05) is 28.2 Å². The molecule has 10 rings (SSSR count). The van der Waals surface area contributed by atoms with Gasteiger partial charge in [-0.1, -0.05) is 117 Å². The number of pyridine rings is 1. The van der Waals surface area contributed by atoms with E-state index in [1.54, 1.807) is 0 Å². The molecule has 0 radical (unpaired) electrons. The fraction of sp³-hybridized carbons (Fsp3) is 0.180. The number of hydrogen-bond acceptors (Lipinski definition) is 3. The Kier molecular flexibility index (Phi) is 7.19. The average molecular weight is 701 g/mol. The van der Waals surface area contributed by atoms with Gasteiger partial charge >= 0.3 is 0 Å². The van der Waals surface area contributed by atoms with Crippen molar-refractivity contribution in [3.05, 3.63) is 186 Å². The third kappa shape index (κ3) is 4.65. The van der Waals surface area contributed by atoms with E-state index in [4.69, 9.17) is 4.98 Å². The highest BCUT2D eigenvalue weighted by molar-refractivity contribution is 6.09. The van der Waals surface area contributed by atoms with Crippen molar-refractivity contribution < 1.29 is 0 Å². The molecule has 0 fully saturated rings. The van der Waals surface area contributed by atoms with Crippen molar-refractivity contribution in [2.24, 2.45) is 0 Å². The Morgan fingerprint density at radius 1 is 0.593 bits per heavy atom. The van der Waals surface area contributed by atoms with E-state index in [0.29, 0.717) is 5.92 Å². The van der Waals surface area contributed by atoms with Crippen LogP contribution in [0.3, 0.4) is 0 Å². The van der Waals surface area contributed by atoms with Crippen LogP contribution in [0.2, 0.25) is 0 Å². The van der Waals surface area contributed by atoms with E-state index in [9.17, 15) is 0 Å². The summed E-state index contributed by atoms with van der Waals surface area (Å²) in [5.74, 6) is 1.35. The zero-order chi connectivity index (χ0) is 36.8. The number of anilines is 3. The van der Waals surface area contributed by atoms with Crippen molar-refractivity contribution in [1.29, 1.82) is 0 Å². The Hall–Kier alpha value is -6.13. The Morgan fingerprint density at radius 3 is 1.98 bits per heavy atom. The summed E-state index contributed by atoms with van der Waals surface area (Å²) in [6, 6.07) is 56.6. The van der Waals surface area contributed by atoms with Gasteiger partial charge in [0.15, 0.2) is 0 Å². The van der Waals surface area contributed by atoms with Crippen LogP contribution in [0.25, 0.3) is 38.8 Å². The van der Waals surface area contributed by atoms with Crippen LogP contribution in [0.4, 0.5) is 17.1 Å². The maximum atomic E-state index is 4.99. The highest BCUT2D eigenvalue weighted by Crippen LogP contribution is 2.57. The molecule has 8 aromatic rings. The van der Waals surface area contributed by atoms with Gasteiger partial charge in [-0.3, -0.25) is 4.57 Å². The molecule has 2 aromatic heterocycles. The molecule has 0 N–H and O–H groups in total. The lowest BCUT2D eigenvalue weighted by Crippen LogP contribution is -2.42. The summed E-state index contributed by atoms with van der Waals surface area (Å²) in [5.41, 5.74) is 14.4. The average Bonchev–Trinajstić information content (AvgIpc) is 3.85. The van der Waals surface area contributed by atoms with E-state index in [-0.39, 0.29) is 5.54 Å². The molecule has 0 saturated carbocycles. The second kappa shape index (κ2) is 11.9. The molecule has 0 bridgehead atoms. The molecular weight excluding hydrogens is 657 g/mol. The lowest BCUT2D eigenvalue weighted by Gasteiger charge is -2.36. The van der Waals surface area contributed by atoms with Crippen LogP contribution in [0.5, 0.6) is 0 Å². The summed E-state index contributed by atoms with van der Waals surface area (Å²) in [7, 11) is 0. The molecule has 0 atom stereocenters. The maximum Gasteiger partial charge on any atom is 0.137 e. The smallest absolute Gasteiger partial charge is 0.137 e. The Labute approximate surface area is 318 Å². The Morgan fingerprint density at radius 2 is 1.24 bits per heavy atom. The van der Waals surface area contributed by atoms with Crippen LogP contribution in [-0.4, -0.2) is 21.8 Å². The fourth-order valence-corrected chi connectivity index (χ4v) is 9.31. The first kappa shape index (κ1) is 32.5. The summed E-state index contributed by atoms with van der Waals surface area (Å²) in [4.78, 5) is 9.99. The van der Waals surface area contributed by atoms with Gasteiger partial charge in [0.2, 0.25) is 0 Å². The molecule has 0 unspecified atom stereocenters. The topological polar surface area (TPSA) is 24.3 Å². The van der Waals surface area contributed by atoms with Gasteiger partial charge in [-0.2, -0.15) is 0 Å².